The molecule has 0 radical (unpaired) electrons. The Balaban J connectivity index is 1.68. The molecular formula is C21H16N2O6. The number of hydrogen-bond donors (Lipinski definition) is 1. The minimum atomic E-state index is -1.13. The molecule has 0 saturated heterocycles. The van der Waals surface area contributed by atoms with Crippen LogP contribution >= 0.6 is 0 Å². The summed E-state index contributed by atoms with van der Waals surface area (Å²) in [4.78, 5) is 38.7. The molecule has 2 bridgehead atoms. The third-order valence-electron chi connectivity index (χ3n) is 5.87. The second-order valence-corrected chi connectivity index (χ2v) is 7.51. The van der Waals surface area contributed by atoms with Gasteiger partial charge in [0.05, 0.1) is 27.1 Å². The van der Waals surface area contributed by atoms with Gasteiger partial charge in [-0.15, -0.1) is 0 Å². The van der Waals surface area contributed by atoms with E-state index in [4.69, 9.17) is 4.74 Å². The van der Waals surface area contributed by atoms with E-state index in [9.17, 15) is 24.8 Å². The Kier molecular flexibility index (Phi) is 3.41. The number of hydrogen-bond acceptors (Lipinski definition) is 6. The highest BCUT2D eigenvalue weighted by Gasteiger charge is 2.64. The molecule has 0 aromatic heterocycles. The van der Waals surface area contributed by atoms with Gasteiger partial charge in [-0.05, 0) is 31.2 Å². The quantitative estimate of drug-likeness (QED) is 0.370. The summed E-state index contributed by atoms with van der Waals surface area (Å²) < 4.78 is 6.02. The first kappa shape index (κ1) is 17.7. The van der Waals surface area contributed by atoms with Crippen molar-refractivity contribution in [3.63, 3.8) is 0 Å². The molecule has 3 aliphatic rings. The third-order valence-corrected chi connectivity index (χ3v) is 5.87. The first-order chi connectivity index (χ1) is 13.8. The van der Waals surface area contributed by atoms with E-state index in [-0.39, 0.29) is 35.5 Å². The number of non-ortho nitro benzene ring substituents is 1. The molecule has 8 heteroatoms. The van der Waals surface area contributed by atoms with Crippen molar-refractivity contribution < 1.29 is 24.4 Å². The summed E-state index contributed by atoms with van der Waals surface area (Å²) in [7, 11) is 0. The van der Waals surface area contributed by atoms with Crippen molar-refractivity contribution in [1.29, 1.82) is 0 Å². The van der Waals surface area contributed by atoms with Crippen LogP contribution in [0.1, 0.15) is 13.3 Å². The van der Waals surface area contributed by atoms with Gasteiger partial charge >= 0.3 is 0 Å². The Bertz CT molecular complexity index is 1200. The largest absolute Gasteiger partial charge is 0.396 e. The maximum Gasteiger partial charge on any atom is 0.277 e. The summed E-state index contributed by atoms with van der Waals surface area (Å²) in [5.74, 6) is -1.03. The molecule has 2 aromatic rings. The number of carbonyl (C=O) groups excluding carboxylic acids is 2. The van der Waals surface area contributed by atoms with Crippen molar-refractivity contribution in [2.24, 2.45) is 0 Å². The van der Waals surface area contributed by atoms with Gasteiger partial charge in [-0.3, -0.25) is 19.7 Å². The third kappa shape index (κ3) is 2.10. The fourth-order valence-corrected chi connectivity index (χ4v) is 4.66. The Morgan fingerprint density at radius 1 is 1.07 bits per heavy atom. The molecule has 2 aromatic carbocycles. The molecule has 0 spiro atoms. The minimum absolute atomic E-state index is 0.0993. The number of carbonyl (C=O) groups is 2. The molecule has 0 saturated carbocycles. The molecule has 3 heterocycles. The van der Waals surface area contributed by atoms with Crippen LogP contribution in [0.5, 0.6) is 0 Å². The van der Waals surface area contributed by atoms with Gasteiger partial charge in [-0.2, -0.15) is 0 Å². The topological polar surface area (TPSA) is 110 Å². The number of imide groups is 1. The van der Waals surface area contributed by atoms with Crippen LogP contribution < -0.4 is 4.90 Å². The van der Waals surface area contributed by atoms with Crippen molar-refractivity contribution >= 4 is 34.0 Å². The van der Waals surface area contributed by atoms with E-state index in [1.165, 1.54) is 12.1 Å². The maximum atomic E-state index is 13.4. The lowest BCUT2D eigenvalue weighted by atomic mass is 9.82. The highest BCUT2D eigenvalue weighted by atomic mass is 16.6. The van der Waals surface area contributed by atoms with Gasteiger partial charge in [0.1, 0.15) is 11.2 Å². The zero-order valence-electron chi connectivity index (χ0n) is 15.4. The summed E-state index contributed by atoms with van der Waals surface area (Å²) in [5, 5.41) is 21.7. The van der Waals surface area contributed by atoms with Gasteiger partial charge in [0.15, 0.2) is 0 Å². The second kappa shape index (κ2) is 5.59. The Hall–Kier alpha value is -3.36. The summed E-state index contributed by atoms with van der Waals surface area (Å²) >= 11 is 0. The molecule has 8 nitrogen and oxygen atoms in total. The number of amides is 2. The number of benzene rings is 2. The lowest BCUT2D eigenvalue weighted by Gasteiger charge is -2.29. The number of aliphatic hydroxyl groups is 1. The summed E-state index contributed by atoms with van der Waals surface area (Å²) in [5.41, 5.74) is -1.47. The molecule has 2 atom stereocenters. The van der Waals surface area contributed by atoms with E-state index in [0.717, 1.165) is 4.90 Å². The summed E-state index contributed by atoms with van der Waals surface area (Å²) in [6, 6.07) is 9.33. The van der Waals surface area contributed by atoms with Gasteiger partial charge in [0.2, 0.25) is 0 Å². The smallest absolute Gasteiger partial charge is 0.277 e. The Morgan fingerprint density at radius 3 is 2.45 bits per heavy atom. The average Bonchev–Trinajstić information content (AvgIpc) is 3.26. The molecule has 2 unspecified atom stereocenters. The molecule has 0 aliphatic carbocycles. The van der Waals surface area contributed by atoms with Crippen molar-refractivity contribution in [3.8, 4) is 0 Å². The molecule has 29 heavy (non-hydrogen) atoms. The first-order valence-electron chi connectivity index (χ1n) is 9.14. The SMILES string of the molecule is CC12C=CC(CCO)(O1)C1=C2C(=O)N(c2ccc([N+](=O)[O-])c3ccccc23)C1=O. The van der Waals surface area contributed by atoms with Crippen LogP contribution in [0.25, 0.3) is 10.8 Å². The number of fused-ring (bicyclic) bond motifs is 5. The molecule has 2 amide bonds. The second-order valence-electron chi connectivity index (χ2n) is 7.51. The van der Waals surface area contributed by atoms with Crippen molar-refractivity contribution in [1.82, 2.24) is 0 Å². The van der Waals surface area contributed by atoms with E-state index in [0.29, 0.717) is 10.8 Å². The molecule has 5 rings (SSSR count). The fourth-order valence-electron chi connectivity index (χ4n) is 4.66. The van der Waals surface area contributed by atoms with Gasteiger partial charge < -0.3 is 9.84 Å². The predicted molar refractivity (Wildman–Crippen MR) is 103 cm³/mol. The van der Waals surface area contributed by atoms with Crippen LogP contribution in [0.4, 0.5) is 11.4 Å². The van der Waals surface area contributed by atoms with E-state index < -0.39 is 27.9 Å². The van der Waals surface area contributed by atoms with Crippen LogP contribution in [-0.2, 0) is 14.3 Å². The number of aliphatic hydroxyl groups excluding tert-OH is 1. The monoisotopic (exact) mass is 392 g/mol. The van der Waals surface area contributed by atoms with Crippen molar-refractivity contribution in [2.45, 2.75) is 24.5 Å². The normalized spacial score (nSPS) is 27.4. The number of rotatable bonds is 4. The number of nitrogens with zero attached hydrogens (tertiary/aromatic N) is 2. The minimum Gasteiger partial charge on any atom is -0.396 e. The van der Waals surface area contributed by atoms with E-state index in [1.807, 2.05) is 0 Å². The predicted octanol–water partition coefficient (Wildman–Crippen LogP) is 2.40. The van der Waals surface area contributed by atoms with Crippen molar-refractivity contribution in [3.05, 3.63) is 69.8 Å². The highest BCUT2D eigenvalue weighted by Crippen LogP contribution is 2.55. The van der Waals surface area contributed by atoms with Crippen LogP contribution in [-0.4, -0.2) is 39.7 Å². The molecule has 1 N–H and O–H groups in total. The van der Waals surface area contributed by atoms with E-state index >= 15 is 0 Å². The fraction of sp³-hybridized carbons (Fsp3) is 0.238. The number of nitro benzene ring substituents is 1. The number of ether oxygens (including phenoxy) is 1. The van der Waals surface area contributed by atoms with E-state index in [1.54, 1.807) is 43.3 Å². The van der Waals surface area contributed by atoms with Crippen molar-refractivity contribution in [2.75, 3.05) is 11.5 Å². The molecule has 0 fully saturated rings. The van der Waals surface area contributed by atoms with Crippen LogP contribution in [0.2, 0.25) is 0 Å². The average molecular weight is 392 g/mol. The Morgan fingerprint density at radius 2 is 1.76 bits per heavy atom. The molecule has 3 aliphatic heterocycles. The standard InChI is InChI=1S/C21H16N2O6/c1-20-8-9-21(29-20,10-11-24)17-16(20)18(25)22(19(17)26)14-6-7-15(23(27)28)13-5-3-2-4-12(13)14/h2-9,24H,10-11H2,1H3. The lowest BCUT2D eigenvalue weighted by Crippen LogP contribution is -2.42. The summed E-state index contributed by atoms with van der Waals surface area (Å²) in [6.07, 6.45) is 3.63. The van der Waals surface area contributed by atoms with E-state index in [2.05, 4.69) is 0 Å². The van der Waals surface area contributed by atoms with Crippen LogP contribution in [0.15, 0.2) is 59.7 Å². The maximum absolute atomic E-state index is 13.4. The van der Waals surface area contributed by atoms with Crippen LogP contribution in [0.3, 0.4) is 0 Å². The lowest BCUT2D eigenvalue weighted by molar-refractivity contribution is -0.383. The highest BCUT2D eigenvalue weighted by molar-refractivity contribution is 6.36. The Labute approximate surface area is 164 Å². The summed E-state index contributed by atoms with van der Waals surface area (Å²) in [6.45, 7) is 1.51. The molecular weight excluding hydrogens is 376 g/mol. The molecule has 146 valence electrons. The van der Waals surface area contributed by atoms with Gasteiger partial charge in [-0.1, -0.05) is 18.2 Å². The van der Waals surface area contributed by atoms with Crippen LogP contribution in [0, 0.1) is 10.1 Å². The zero-order valence-corrected chi connectivity index (χ0v) is 15.4. The first-order valence-corrected chi connectivity index (χ1v) is 9.14. The van der Waals surface area contributed by atoms with Gasteiger partial charge in [0, 0.05) is 24.5 Å². The zero-order chi connectivity index (χ0) is 20.6. The van der Waals surface area contributed by atoms with Gasteiger partial charge in [-0.25, -0.2) is 4.90 Å². The van der Waals surface area contributed by atoms with Gasteiger partial charge in [0.25, 0.3) is 17.5 Å². The number of anilines is 1. The number of nitro groups is 1.